The molecule has 0 aliphatic heterocycles. The third kappa shape index (κ3) is 5.38. The Morgan fingerprint density at radius 1 is 0.968 bits per heavy atom. The number of fused-ring (bicyclic) bond motifs is 1. The van der Waals surface area contributed by atoms with Gasteiger partial charge in [0.15, 0.2) is 0 Å². The van der Waals surface area contributed by atoms with Crippen LogP contribution in [0.4, 0.5) is 17.2 Å². The van der Waals surface area contributed by atoms with Gasteiger partial charge in [0, 0.05) is 28.4 Å². The zero-order chi connectivity index (χ0) is 21.5. The summed E-state index contributed by atoms with van der Waals surface area (Å²) < 4.78 is 5.83. The lowest BCUT2D eigenvalue weighted by Gasteiger charge is -2.11. The van der Waals surface area contributed by atoms with Gasteiger partial charge in [-0.1, -0.05) is 41.9 Å². The van der Waals surface area contributed by atoms with Gasteiger partial charge in [-0.05, 0) is 48.0 Å². The predicted octanol–water partition coefficient (Wildman–Crippen LogP) is 5.64. The SMILES string of the molecule is O=C(C=CCl)Nc1ccc2ncnc(Nc3ccc(OCc4ccccc4)cc3)c2c1. The molecule has 1 heterocycles. The van der Waals surface area contributed by atoms with Crippen molar-refractivity contribution in [2.24, 2.45) is 0 Å². The fourth-order valence-electron chi connectivity index (χ4n) is 2.99. The minimum Gasteiger partial charge on any atom is -0.489 e. The first kappa shape index (κ1) is 20.4. The number of hydrogen-bond donors (Lipinski definition) is 2. The average Bonchev–Trinajstić information content (AvgIpc) is 2.80. The summed E-state index contributed by atoms with van der Waals surface area (Å²) >= 11 is 5.45. The van der Waals surface area contributed by atoms with E-state index in [-0.39, 0.29) is 5.91 Å². The Morgan fingerprint density at radius 3 is 2.52 bits per heavy atom. The number of carbonyl (C=O) groups is 1. The van der Waals surface area contributed by atoms with Crippen molar-refractivity contribution < 1.29 is 9.53 Å². The number of benzene rings is 3. The van der Waals surface area contributed by atoms with E-state index < -0.39 is 0 Å². The molecule has 0 saturated heterocycles. The highest BCUT2D eigenvalue weighted by Crippen LogP contribution is 2.27. The van der Waals surface area contributed by atoms with Crippen LogP contribution in [0, 0.1) is 0 Å². The smallest absolute Gasteiger partial charge is 0.249 e. The van der Waals surface area contributed by atoms with E-state index >= 15 is 0 Å². The Labute approximate surface area is 184 Å². The fourth-order valence-corrected chi connectivity index (χ4v) is 3.10. The molecule has 0 radical (unpaired) electrons. The monoisotopic (exact) mass is 430 g/mol. The molecular weight excluding hydrogens is 412 g/mol. The Balaban J connectivity index is 1.49. The number of anilines is 3. The molecule has 6 nitrogen and oxygen atoms in total. The maximum atomic E-state index is 11.8. The van der Waals surface area contributed by atoms with Crippen molar-refractivity contribution in [3.63, 3.8) is 0 Å². The van der Waals surface area contributed by atoms with Crippen molar-refractivity contribution in [2.45, 2.75) is 6.61 Å². The lowest BCUT2D eigenvalue weighted by Crippen LogP contribution is -2.07. The van der Waals surface area contributed by atoms with Crippen LogP contribution in [0.25, 0.3) is 10.9 Å². The summed E-state index contributed by atoms with van der Waals surface area (Å²) in [5, 5.41) is 6.83. The summed E-state index contributed by atoms with van der Waals surface area (Å²) in [6, 6.07) is 23.1. The van der Waals surface area contributed by atoms with Gasteiger partial charge in [-0.15, -0.1) is 0 Å². The van der Waals surface area contributed by atoms with E-state index in [4.69, 9.17) is 16.3 Å². The van der Waals surface area contributed by atoms with Crippen LogP contribution in [-0.4, -0.2) is 15.9 Å². The van der Waals surface area contributed by atoms with Crippen LogP contribution in [0.3, 0.4) is 0 Å². The van der Waals surface area contributed by atoms with Gasteiger partial charge in [0.25, 0.3) is 0 Å². The molecule has 4 rings (SSSR count). The molecule has 0 fully saturated rings. The third-order valence-electron chi connectivity index (χ3n) is 4.48. The number of carbonyl (C=O) groups excluding carboxylic acids is 1. The Kier molecular flexibility index (Phi) is 6.40. The van der Waals surface area contributed by atoms with Gasteiger partial charge in [0.2, 0.25) is 5.91 Å². The minimum absolute atomic E-state index is 0.313. The molecule has 4 aromatic rings. The highest BCUT2D eigenvalue weighted by atomic mass is 35.5. The molecule has 0 atom stereocenters. The topological polar surface area (TPSA) is 76.1 Å². The Morgan fingerprint density at radius 2 is 1.74 bits per heavy atom. The van der Waals surface area contributed by atoms with Crippen LogP contribution in [-0.2, 0) is 11.4 Å². The molecule has 0 unspecified atom stereocenters. The predicted molar refractivity (Wildman–Crippen MR) is 124 cm³/mol. The number of aromatic nitrogens is 2. The van der Waals surface area contributed by atoms with E-state index in [2.05, 4.69) is 20.6 Å². The van der Waals surface area contributed by atoms with Gasteiger partial charge in [0.05, 0.1) is 5.52 Å². The van der Waals surface area contributed by atoms with Gasteiger partial charge < -0.3 is 15.4 Å². The first-order valence-electron chi connectivity index (χ1n) is 9.57. The van der Waals surface area contributed by atoms with E-state index in [1.807, 2.05) is 66.7 Å². The van der Waals surface area contributed by atoms with Crippen molar-refractivity contribution in [1.29, 1.82) is 0 Å². The first-order valence-corrected chi connectivity index (χ1v) is 10.0. The molecule has 154 valence electrons. The number of halogens is 1. The molecule has 3 aromatic carbocycles. The van der Waals surface area contributed by atoms with Crippen LogP contribution in [0.2, 0.25) is 0 Å². The highest BCUT2D eigenvalue weighted by molar-refractivity contribution is 6.27. The molecular formula is C24H19ClN4O2. The summed E-state index contributed by atoms with van der Waals surface area (Å²) in [5.41, 5.74) is 4.51. The Bertz CT molecular complexity index is 1210. The zero-order valence-corrected chi connectivity index (χ0v) is 17.2. The summed E-state index contributed by atoms with van der Waals surface area (Å²) in [7, 11) is 0. The molecule has 0 aliphatic carbocycles. The maximum absolute atomic E-state index is 11.8. The molecule has 1 aromatic heterocycles. The normalized spacial score (nSPS) is 10.9. The number of hydrogen-bond acceptors (Lipinski definition) is 5. The summed E-state index contributed by atoms with van der Waals surface area (Å²) in [6.45, 7) is 0.511. The largest absolute Gasteiger partial charge is 0.489 e. The van der Waals surface area contributed by atoms with Crippen LogP contribution in [0.1, 0.15) is 5.56 Å². The van der Waals surface area contributed by atoms with Crippen molar-refractivity contribution >= 4 is 45.6 Å². The van der Waals surface area contributed by atoms with Crippen LogP contribution in [0.5, 0.6) is 5.75 Å². The van der Waals surface area contributed by atoms with Crippen LogP contribution < -0.4 is 15.4 Å². The molecule has 0 spiro atoms. The zero-order valence-electron chi connectivity index (χ0n) is 16.5. The molecule has 7 heteroatoms. The standard InChI is InChI=1S/C24H19ClN4O2/c25-13-12-23(30)28-19-8-11-22-21(14-19)24(27-16-26-22)29-18-6-9-20(10-7-18)31-15-17-4-2-1-3-5-17/h1-14,16H,15H2,(H,28,30)(H,26,27,29). The number of amides is 1. The lowest BCUT2D eigenvalue weighted by atomic mass is 10.2. The number of rotatable bonds is 7. The van der Waals surface area contributed by atoms with Crippen molar-refractivity contribution in [3.8, 4) is 5.75 Å². The number of ether oxygens (including phenoxy) is 1. The number of nitrogens with one attached hydrogen (secondary N) is 2. The summed E-state index contributed by atoms with van der Waals surface area (Å²) in [4.78, 5) is 20.4. The second-order valence-electron chi connectivity index (χ2n) is 6.66. The molecule has 2 N–H and O–H groups in total. The van der Waals surface area contributed by atoms with Crippen LogP contribution in [0.15, 0.2) is 90.7 Å². The van der Waals surface area contributed by atoms with Gasteiger partial charge >= 0.3 is 0 Å². The van der Waals surface area contributed by atoms with Crippen molar-refractivity contribution in [3.05, 3.63) is 96.3 Å². The van der Waals surface area contributed by atoms with Gasteiger partial charge in [-0.25, -0.2) is 9.97 Å². The molecule has 31 heavy (non-hydrogen) atoms. The van der Waals surface area contributed by atoms with Crippen molar-refractivity contribution in [2.75, 3.05) is 10.6 Å². The van der Waals surface area contributed by atoms with Crippen LogP contribution >= 0.6 is 11.6 Å². The van der Waals surface area contributed by atoms with E-state index in [0.717, 1.165) is 27.9 Å². The first-order chi connectivity index (χ1) is 15.2. The van der Waals surface area contributed by atoms with E-state index in [9.17, 15) is 4.79 Å². The second-order valence-corrected chi connectivity index (χ2v) is 6.91. The van der Waals surface area contributed by atoms with Gasteiger partial charge in [-0.2, -0.15) is 0 Å². The fraction of sp³-hybridized carbons (Fsp3) is 0.0417. The van der Waals surface area contributed by atoms with Gasteiger partial charge in [0.1, 0.15) is 24.5 Å². The number of nitrogens with zero attached hydrogens (tertiary/aromatic N) is 2. The molecule has 0 bridgehead atoms. The van der Waals surface area contributed by atoms with Crippen molar-refractivity contribution in [1.82, 2.24) is 9.97 Å². The van der Waals surface area contributed by atoms with Gasteiger partial charge in [-0.3, -0.25) is 4.79 Å². The third-order valence-corrected chi connectivity index (χ3v) is 4.61. The lowest BCUT2D eigenvalue weighted by molar-refractivity contribution is -0.111. The minimum atomic E-state index is -0.313. The quantitative estimate of drug-likeness (QED) is 0.371. The summed E-state index contributed by atoms with van der Waals surface area (Å²) in [5.74, 6) is 1.10. The molecule has 0 saturated carbocycles. The average molecular weight is 431 g/mol. The van der Waals surface area contributed by atoms with E-state index in [0.29, 0.717) is 18.1 Å². The Hall–Kier alpha value is -3.90. The second kappa shape index (κ2) is 9.73. The highest BCUT2D eigenvalue weighted by Gasteiger charge is 2.07. The maximum Gasteiger partial charge on any atom is 0.249 e. The van der Waals surface area contributed by atoms with E-state index in [1.165, 1.54) is 17.9 Å². The van der Waals surface area contributed by atoms with E-state index in [1.54, 1.807) is 6.07 Å². The molecule has 0 aliphatic rings. The molecule has 1 amide bonds. The summed E-state index contributed by atoms with van der Waals surface area (Å²) in [6.07, 6.45) is 2.74.